The van der Waals surface area contributed by atoms with Gasteiger partial charge < -0.3 is 5.11 Å². The van der Waals surface area contributed by atoms with Crippen LogP contribution in [0.5, 0.6) is 0 Å². The van der Waals surface area contributed by atoms with Gasteiger partial charge in [0.2, 0.25) is 0 Å². The molecule has 1 nitrogen and oxygen atoms in total. The van der Waals surface area contributed by atoms with Crippen LogP contribution >= 0.6 is 0 Å². The van der Waals surface area contributed by atoms with Crippen molar-refractivity contribution in [3.63, 3.8) is 0 Å². The Hall–Kier alpha value is -1.03. The molecular formula is C10H11F3O. The van der Waals surface area contributed by atoms with Crippen LogP contribution in [0.4, 0.5) is 13.2 Å². The summed E-state index contributed by atoms with van der Waals surface area (Å²) in [5.41, 5.74) is 1.08. The minimum atomic E-state index is -4.60. The molecule has 0 amide bonds. The second kappa shape index (κ2) is 3.61. The highest BCUT2D eigenvalue weighted by atomic mass is 19.4. The molecule has 0 radical (unpaired) electrons. The minimum Gasteiger partial charge on any atom is -0.379 e. The second-order valence-electron chi connectivity index (χ2n) is 3.30. The maximum absolute atomic E-state index is 12.2. The van der Waals surface area contributed by atoms with Crippen LogP contribution in [0.15, 0.2) is 18.2 Å². The Morgan fingerprint density at radius 1 is 1.21 bits per heavy atom. The number of alkyl halides is 3. The summed E-state index contributed by atoms with van der Waals surface area (Å²) in [5, 5.41) is 9.04. The molecule has 1 aromatic rings. The SMILES string of the molecule is Cc1ccc(C)c(C(O)C(F)(F)F)c1. The summed E-state index contributed by atoms with van der Waals surface area (Å²) in [6.07, 6.45) is -6.99. The van der Waals surface area contributed by atoms with Gasteiger partial charge in [-0.05, 0) is 25.0 Å². The summed E-state index contributed by atoms with van der Waals surface area (Å²) in [7, 11) is 0. The van der Waals surface area contributed by atoms with Crippen LogP contribution in [0.25, 0.3) is 0 Å². The lowest BCUT2D eigenvalue weighted by Crippen LogP contribution is -2.21. The quantitative estimate of drug-likeness (QED) is 0.745. The van der Waals surface area contributed by atoms with Gasteiger partial charge in [0.05, 0.1) is 0 Å². The average molecular weight is 204 g/mol. The smallest absolute Gasteiger partial charge is 0.379 e. The molecule has 78 valence electrons. The maximum atomic E-state index is 12.2. The van der Waals surface area contributed by atoms with Gasteiger partial charge in [0, 0.05) is 0 Å². The summed E-state index contributed by atoms with van der Waals surface area (Å²) in [6, 6.07) is 4.63. The number of hydrogen-bond acceptors (Lipinski definition) is 1. The molecule has 0 aromatic heterocycles. The Labute approximate surface area is 80.2 Å². The molecule has 1 rings (SSSR count). The zero-order valence-electron chi connectivity index (χ0n) is 7.89. The highest BCUT2D eigenvalue weighted by molar-refractivity contribution is 5.32. The minimum absolute atomic E-state index is 0.0718. The van der Waals surface area contributed by atoms with Crippen molar-refractivity contribution in [3.05, 3.63) is 34.9 Å². The van der Waals surface area contributed by atoms with Gasteiger partial charge >= 0.3 is 6.18 Å². The van der Waals surface area contributed by atoms with Crippen LogP contribution in [0.1, 0.15) is 22.8 Å². The van der Waals surface area contributed by atoms with E-state index in [1.807, 2.05) is 0 Å². The Morgan fingerprint density at radius 2 is 1.79 bits per heavy atom. The number of benzene rings is 1. The molecule has 0 aliphatic rings. The van der Waals surface area contributed by atoms with Gasteiger partial charge in [-0.2, -0.15) is 13.2 Å². The molecule has 0 saturated carbocycles. The third-order valence-electron chi connectivity index (χ3n) is 2.04. The van der Waals surface area contributed by atoms with Crippen molar-refractivity contribution in [3.8, 4) is 0 Å². The predicted molar refractivity (Wildman–Crippen MR) is 46.9 cm³/mol. The van der Waals surface area contributed by atoms with Gasteiger partial charge in [0.25, 0.3) is 0 Å². The van der Waals surface area contributed by atoms with Gasteiger partial charge in [-0.1, -0.05) is 23.8 Å². The van der Waals surface area contributed by atoms with E-state index in [1.165, 1.54) is 6.07 Å². The number of aryl methyl sites for hydroxylation is 2. The summed E-state index contributed by atoms with van der Waals surface area (Å²) >= 11 is 0. The van der Waals surface area contributed by atoms with Gasteiger partial charge in [-0.15, -0.1) is 0 Å². The molecule has 1 atom stereocenters. The van der Waals surface area contributed by atoms with Crippen LogP contribution in [0, 0.1) is 13.8 Å². The molecule has 0 aliphatic carbocycles. The third kappa shape index (κ3) is 2.26. The topological polar surface area (TPSA) is 20.2 Å². The van der Waals surface area contributed by atoms with Crippen molar-refractivity contribution in [1.29, 1.82) is 0 Å². The van der Waals surface area contributed by atoms with Crippen LogP contribution in [-0.2, 0) is 0 Å². The number of hydrogen-bond donors (Lipinski definition) is 1. The molecule has 1 aromatic carbocycles. The van der Waals surface area contributed by atoms with Crippen LogP contribution in [-0.4, -0.2) is 11.3 Å². The molecule has 1 unspecified atom stereocenters. The Bertz CT molecular complexity index is 331. The number of rotatable bonds is 1. The highest BCUT2D eigenvalue weighted by Crippen LogP contribution is 2.34. The summed E-state index contributed by atoms with van der Waals surface area (Å²) in [4.78, 5) is 0. The molecule has 14 heavy (non-hydrogen) atoms. The van der Waals surface area contributed by atoms with Crippen molar-refractivity contribution >= 4 is 0 Å². The molecule has 0 fully saturated rings. The van der Waals surface area contributed by atoms with Crippen molar-refractivity contribution in [2.24, 2.45) is 0 Å². The number of aliphatic hydroxyl groups excluding tert-OH is 1. The molecule has 1 N–H and O–H groups in total. The Balaban J connectivity index is 3.12. The van der Waals surface area contributed by atoms with E-state index in [2.05, 4.69) is 0 Å². The molecule has 0 heterocycles. The molecule has 0 aliphatic heterocycles. The van der Waals surface area contributed by atoms with Gasteiger partial charge in [-0.3, -0.25) is 0 Å². The van der Waals surface area contributed by atoms with Crippen molar-refractivity contribution in [2.75, 3.05) is 0 Å². The Kier molecular flexibility index (Phi) is 2.85. The van der Waals surface area contributed by atoms with Crippen LogP contribution < -0.4 is 0 Å². The monoisotopic (exact) mass is 204 g/mol. The molecule has 0 spiro atoms. The van der Waals surface area contributed by atoms with Crippen molar-refractivity contribution in [1.82, 2.24) is 0 Å². The average Bonchev–Trinajstić information content (AvgIpc) is 2.06. The zero-order chi connectivity index (χ0) is 10.9. The molecular weight excluding hydrogens is 193 g/mol. The Morgan fingerprint density at radius 3 is 2.29 bits per heavy atom. The van der Waals surface area contributed by atoms with E-state index in [4.69, 9.17) is 5.11 Å². The van der Waals surface area contributed by atoms with E-state index in [-0.39, 0.29) is 5.56 Å². The predicted octanol–water partition coefficient (Wildman–Crippen LogP) is 2.90. The van der Waals surface area contributed by atoms with Crippen LogP contribution in [0.3, 0.4) is 0 Å². The molecule has 4 heteroatoms. The van der Waals surface area contributed by atoms with Crippen LogP contribution in [0.2, 0.25) is 0 Å². The maximum Gasteiger partial charge on any atom is 0.418 e. The lowest BCUT2D eigenvalue weighted by molar-refractivity contribution is -0.206. The van der Waals surface area contributed by atoms with E-state index < -0.39 is 12.3 Å². The van der Waals surface area contributed by atoms with E-state index in [1.54, 1.807) is 26.0 Å². The van der Waals surface area contributed by atoms with Gasteiger partial charge in [0.1, 0.15) is 0 Å². The van der Waals surface area contributed by atoms with E-state index in [0.717, 1.165) is 0 Å². The summed E-state index contributed by atoms with van der Waals surface area (Å²) in [5.74, 6) is 0. The summed E-state index contributed by atoms with van der Waals surface area (Å²) in [6.45, 7) is 3.23. The van der Waals surface area contributed by atoms with Crippen molar-refractivity contribution < 1.29 is 18.3 Å². The first-order valence-electron chi connectivity index (χ1n) is 4.14. The third-order valence-corrected chi connectivity index (χ3v) is 2.04. The van der Waals surface area contributed by atoms with E-state index >= 15 is 0 Å². The lowest BCUT2D eigenvalue weighted by atomic mass is 10.0. The first kappa shape index (κ1) is 11.0. The fourth-order valence-corrected chi connectivity index (χ4v) is 1.23. The molecule has 0 bridgehead atoms. The zero-order valence-corrected chi connectivity index (χ0v) is 7.89. The first-order valence-corrected chi connectivity index (χ1v) is 4.14. The molecule has 0 saturated heterocycles. The van der Waals surface area contributed by atoms with Gasteiger partial charge in [0.15, 0.2) is 6.10 Å². The van der Waals surface area contributed by atoms with E-state index in [0.29, 0.717) is 11.1 Å². The van der Waals surface area contributed by atoms with E-state index in [9.17, 15) is 13.2 Å². The second-order valence-corrected chi connectivity index (χ2v) is 3.30. The standard InChI is InChI=1S/C10H11F3O/c1-6-3-4-7(2)8(5-6)9(14)10(11,12)13/h3-5,9,14H,1-2H3. The number of aliphatic hydroxyl groups is 1. The lowest BCUT2D eigenvalue weighted by Gasteiger charge is -2.17. The largest absolute Gasteiger partial charge is 0.418 e. The van der Waals surface area contributed by atoms with Crippen molar-refractivity contribution in [2.45, 2.75) is 26.1 Å². The fourth-order valence-electron chi connectivity index (χ4n) is 1.23. The number of halogens is 3. The normalized spacial score (nSPS) is 14.1. The highest BCUT2D eigenvalue weighted by Gasteiger charge is 2.39. The van der Waals surface area contributed by atoms with Gasteiger partial charge in [-0.25, -0.2) is 0 Å². The summed E-state index contributed by atoms with van der Waals surface area (Å²) < 4.78 is 36.6. The first-order chi connectivity index (χ1) is 6.32. The fraction of sp³-hybridized carbons (Fsp3) is 0.400.